The normalized spacial score (nSPS) is 20.0. The second kappa shape index (κ2) is 9.03. The van der Waals surface area contributed by atoms with Crippen molar-refractivity contribution in [2.24, 2.45) is 4.99 Å². The third-order valence-electron chi connectivity index (χ3n) is 3.93. The number of benzene rings is 1. The van der Waals surface area contributed by atoms with Crippen molar-refractivity contribution in [2.75, 3.05) is 5.88 Å². The Kier molecular flexibility index (Phi) is 7.16. The molecule has 0 saturated heterocycles. The second-order valence-electron chi connectivity index (χ2n) is 8.90. The maximum absolute atomic E-state index is 12.9. The van der Waals surface area contributed by atoms with Crippen LogP contribution in [0.4, 0.5) is 9.59 Å². The Labute approximate surface area is 177 Å². The van der Waals surface area contributed by atoms with E-state index in [9.17, 15) is 9.59 Å². The van der Waals surface area contributed by atoms with Crippen LogP contribution in [-0.2, 0) is 9.47 Å². The van der Waals surface area contributed by atoms with Gasteiger partial charge in [0, 0.05) is 5.88 Å². The molecule has 0 saturated carbocycles. The molecule has 160 valence electrons. The number of guanidine groups is 1. The lowest BCUT2D eigenvalue weighted by Gasteiger charge is -2.38. The summed E-state index contributed by atoms with van der Waals surface area (Å²) in [6.07, 6.45) is -0.817. The summed E-state index contributed by atoms with van der Waals surface area (Å²) < 4.78 is 10.9. The van der Waals surface area contributed by atoms with Gasteiger partial charge in [-0.2, -0.15) is 0 Å². The molecule has 1 aromatic rings. The van der Waals surface area contributed by atoms with Gasteiger partial charge in [0.1, 0.15) is 11.2 Å². The summed E-state index contributed by atoms with van der Waals surface area (Å²) in [4.78, 5) is 31.2. The molecule has 8 heteroatoms. The Balaban J connectivity index is 2.39. The first-order valence-electron chi connectivity index (χ1n) is 9.60. The van der Waals surface area contributed by atoms with Gasteiger partial charge in [-0.1, -0.05) is 30.3 Å². The molecule has 0 aliphatic carbocycles. The van der Waals surface area contributed by atoms with Crippen molar-refractivity contribution in [3.63, 3.8) is 0 Å². The number of rotatable bonds is 2. The van der Waals surface area contributed by atoms with E-state index in [2.05, 4.69) is 10.3 Å². The van der Waals surface area contributed by atoms with Gasteiger partial charge in [0.2, 0.25) is 5.96 Å². The Morgan fingerprint density at radius 1 is 1.10 bits per heavy atom. The van der Waals surface area contributed by atoms with Crippen LogP contribution in [0, 0.1) is 0 Å². The third-order valence-corrected chi connectivity index (χ3v) is 4.29. The zero-order valence-electron chi connectivity index (χ0n) is 17.9. The van der Waals surface area contributed by atoms with Crippen molar-refractivity contribution in [2.45, 2.75) is 71.2 Å². The number of alkyl carbamates (subject to hydrolysis) is 1. The lowest BCUT2D eigenvalue weighted by molar-refractivity contribution is 0.0288. The summed E-state index contributed by atoms with van der Waals surface area (Å²) in [6, 6.07) is 9.00. The van der Waals surface area contributed by atoms with E-state index in [0.717, 1.165) is 5.56 Å². The fourth-order valence-corrected chi connectivity index (χ4v) is 3.11. The molecule has 0 spiro atoms. The van der Waals surface area contributed by atoms with Crippen LogP contribution in [0.2, 0.25) is 0 Å². The van der Waals surface area contributed by atoms with Crippen LogP contribution < -0.4 is 5.32 Å². The summed E-state index contributed by atoms with van der Waals surface area (Å²) >= 11 is 6.20. The topological polar surface area (TPSA) is 80.2 Å². The van der Waals surface area contributed by atoms with E-state index in [1.807, 2.05) is 30.3 Å². The number of nitrogens with zero attached hydrogens (tertiary/aromatic N) is 2. The van der Waals surface area contributed by atoms with Crippen molar-refractivity contribution >= 4 is 29.7 Å². The lowest BCUT2D eigenvalue weighted by Crippen LogP contribution is -2.56. The van der Waals surface area contributed by atoms with Crippen molar-refractivity contribution in [1.82, 2.24) is 10.2 Å². The van der Waals surface area contributed by atoms with Crippen molar-refractivity contribution in [3.8, 4) is 0 Å². The number of halogens is 1. The minimum atomic E-state index is -0.707. The highest BCUT2D eigenvalue weighted by Crippen LogP contribution is 2.31. The minimum Gasteiger partial charge on any atom is -0.444 e. The van der Waals surface area contributed by atoms with Gasteiger partial charge in [0.05, 0.1) is 12.1 Å². The predicted molar refractivity (Wildman–Crippen MR) is 113 cm³/mol. The van der Waals surface area contributed by atoms with Crippen molar-refractivity contribution < 1.29 is 19.1 Å². The van der Waals surface area contributed by atoms with Crippen LogP contribution in [-0.4, -0.2) is 46.2 Å². The number of nitrogens with one attached hydrogen (secondary N) is 1. The SMILES string of the molecule is CC(C)(C)OC(=O)NC1=N[C@@H](c2ccccc2)C[C@H](CCl)N1C(=O)OC(C)(C)C. The van der Waals surface area contributed by atoms with E-state index >= 15 is 0 Å². The van der Waals surface area contributed by atoms with E-state index in [-0.39, 0.29) is 17.9 Å². The summed E-state index contributed by atoms with van der Waals surface area (Å²) in [5, 5.41) is 2.61. The smallest absolute Gasteiger partial charge is 0.417 e. The largest absolute Gasteiger partial charge is 0.444 e. The number of carbonyl (C=O) groups excluding carboxylic acids is 2. The van der Waals surface area contributed by atoms with Crippen LogP contribution in [0.5, 0.6) is 0 Å². The maximum atomic E-state index is 12.9. The van der Waals surface area contributed by atoms with Gasteiger partial charge in [0.25, 0.3) is 0 Å². The maximum Gasteiger partial charge on any atom is 0.417 e. The Hall–Kier alpha value is -2.28. The average molecular weight is 424 g/mol. The fourth-order valence-electron chi connectivity index (χ4n) is 2.85. The molecule has 1 aliphatic heterocycles. The number of amides is 2. The zero-order chi connectivity index (χ0) is 21.8. The molecule has 1 aromatic carbocycles. The van der Waals surface area contributed by atoms with Gasteiger partial charge in [-0.05, 0) is 53.5 Å². The second-order valence-corrected chi connectivity index (χ2v) is 9.21. The molecule has 7 nitrogen and oxygen atoms in total. The van der Waals surface area contributed by atoms with E-state index in [1.165, 1.54) is 4.90 Å². The Morgan fingerprint density at radius 2 is 1.69 bits per heavy atom. The molecule has 0 bridgehead atoms. The predicted octanol–water partition coefficient (Wildman–Crippen LogP) is 4.86. The number of carbonyl (C=O) groups is 2. The number of hydrogen-bond acceptors (Lipinski definition) is 5. The summed E-state index contributed by atoms with van der Waals surface area (Å²) in [6.45, 7) is 10.6. The summed E-state index contributed by atoms with van der Waals surface area (Å²) in [5.74, 6) is 0.233. The first kappa shape index (κ1) is 23.0. The van der Waals surface area contributed by atoms with Crippen LogP contribution in [0.15, 0.2) is 35.3 Å². The average Bonchev–Trinajstić information content (AvgIpc) is 2.58. The van der Waals surface area contributed by atoms with Gasteiger partial charge in [-0.25, -0.2) is 19.5 Å². The molecule has 2 rings (SSSR count). The molecule has 1 aliphatic rings. The van der Waals surface area contributed by atoms with E-state index in [0.29, 0.717) is 6.42 Å². The molecular weight excluding hydrogens is 394 g/mol. The molecule has 1 N–H and O–H groups in total. The van der Waals surface area contributed by atoms with Gasteiger partial charge >= 0.3 is 12.2 Å². The Morgan fingerprint density at radius 3 is 2.21 bits per heavy atom. The molecule has 29 heavy (non-hydrogen) atoms. The summed E-state index contributed by atoms with van der Waals surface area (Å²) in [5.41, 5.74) is -0.433. The van der Waals surface area contributed by atoms with E-state index in [4.69, 9.17) is 21.1 Å². The first-order chi connectivity index (χ1) is 13.4. The Bertz CT molecular complexity index is 753. The van der Waals surface area contributed by atoms with E-state index < -0.39 is 29.4 Å². The molecule has 1 heterocycles. The highest BCUT2D eigenvalue weighted by Gasteiger charge is 2.38. The molecule has 2 amide bonds. The minimum absolute atomic E-state index is 0.0688. The first-order valence-corrected chi connectivity index (χ1v) is 10.1. The van der Waals surface area contributed by atoms with Crippen molar-refractivity contribution in [1.29, 1.82) is 0 Å². The molecule has 2 atom stereocenters. The van der Waals surface area contributed by atoms with E-state index in [1.54, 1.807) is 41.5 Å². The zero-order valence-corrected chi connectivity index (χ0v) is 18.6. The highest BCUT2D eigenvalue weighted by molar-refractivity contribution is 6.18. The van der Waals surface area contributed by atoms with Gasteiger partial charge in [-0.15, -0.1) is 11.6 Å². The standard InChI is InChI=1S/C21H30ClN3O4/c1-20(2,3)28-18(26)24-17-23-16(14-10-8-7-9-11-14)12-15(13-22)25(17)19(27)29-21(4,5)6/h7-11,15-16H,12-13H2,1-6H3,(H,23,24,26)/t15-,16-/m1/s1. The monoisotopic (exact) mass is 423 g/mol. The highest BCUT2D eigenvalue weighted by atomic mass is 35.5. The molecule has 0 fully saturated rings. The van der Waals surface area contributed by atoms with Gasteiger partial charge < -0.3 is 9.47 Å². The number of alkyl halides is 1. The number of ether oxygens (including phenoxy) is 2. The van der Waals surface area contributed by atoms with Crippen LogP contribution >= 0.6 is 11.6 Å². The van der Waals surface area contributed by atoms with Crippen LogP contribution in [0.3, 0.4) is 0 Å². The van der Waals surface area contributed by atoms with Crippen LogP contribution in [0.1, 0.15) is 59.6 Å². The number of hydrogen-bond donors (Lipinski definition) is 1. The molecule has 0 radical (unpaired) electrons. The quantitative estimate of drug-likeness (QED) is 0.689. The lowest BCUT2D eigenvalue weighted by atomic mass is 9.98. The van der Waals surface area contributed by atoms with Crippen LogP contribution in [0.25, 0.3) is 0 Å². The molecule has 0 aromatic heterocycles. The van der Waals surface area contributed by atoms with Gasteiger partial charge in [-0.3, -0.25) is 5.32 Å². The summed E-state index contributed by atoms with van der Waals surface area (Å²) in [7, 11) is 0. The van der Waals surface area contributed by atoms with Gasteiger partial charge in [0.15, 0.2) is 0 Å². The molecular formula is C21H30ClN3O4. The fraction of sp³-hybridized carbons (Fsp3) is 0.571. The third kappa shape index (κ3) is 6.92. The molecule has 0 unspecified atom stereocenters. The van der Waals surface area contributed by atoms with Crippen molar-refractivity contribution in [3.05, 3.63) is 35.9 Å². The number of aliphatic imine (C=N–C) groups is 1.